The van der Waals surface area contributed by atoms with Crippen LogP contribution in [0.25, 0.3) is 32.8 Å². The first-order valence-corrected chi connectivity index (χ1v) is 16.2. The molecule has 6 heterocycles. The molecule has 4 aromatic rings. The molecule has 46 heavy (non-hydrogen) atoms. The van der Waals surface area contributed by atoms with Gasteiger partial charge in [-0.25, -0.2) is 8.78 Å². The number of benzene rings is 3. The number of aromatic nitrogens is 2. The molecule has 5 aliphatic heterocycles. The highest BCUT2D eigenvalue weighted by Gasteiger charge is 2.50. The van der Waals surface area contributed by atoms with E-state index in [4.69, 9.17) is 35.2 Å². The van der Waals surface area contributed by atoms with Crippen LogP contribution in [0.2, 0.25) is 5.02 Å². The molecular formula is C35H32ClF2N5O3. The highest BCUT2D eigenvalue weighted by atomic mass is 35.5. The summed E-state index contributed by atoms with van der Waals surface area (Å²) < 4.78 is 62.8. The van der Waals surface area contributed by atoms with Crippen molar-refractivity contribution in [2.24, 2.45) is 0 Å². The van der Waals surface area contributed by atoms with E-state index in [1.807, 2.05) is 4.90 Å². The van der Waals surface area contributed by atoms with Crippen LogP contribution in [0.4, 0.5) is 14.6 Å². The second-order valence-electron chi connectivity index (χ2n) is 13.1. The third-order valence-corrected chi connectivity index (χ3v) is 10.9. The summed E-state index contributed by atoms with van der Waals surface area (Å²) in [6.45, 7) is -0.900. The Morgan fingerprint density at radius 3 is 3.02 bits per heavy atom. The van der Waals surface area contributed by atoms with Crippen molar-refractivity contribution in [2.75, 3.05) is 37.7 Å². The minimum atomic E-state index is -2.38. The van der Waals surface area contributed by atoms with Gasteiger partial charge in [0.1, 0.15) is 36.4 Å². The summed E-state index contributed by atoms with van der Waals surface area (Å²) in [5.41, 5.74) is -0.703. The molecule has 4 saturated heterocycles. The van der Waals surface area contributed by atoms with Gasteiger partial charge in [0.25, 0.3) is 0 Å². The maximum Gasteiger partial charge on any atom is 0.319 e. The largest absolute Gasteiger partial charge is 0.508 e. The average molecular weight is 646 g/mol. The predicted octanol–water partition coefficient (Wildman–Crippen LogP) is 5.59. The van der Waals surface area contributed by atoms with Gasteiger partial charge in [-0.3, -0.25) is 4.90 Å². The Labute approximate surface area is 272 Å². The van der Waals surface area contributed by atoms with Gasteiger partial charge in [-0.1, -0.05) is 29.7 Å². The van der Waals surface area contributed by atoms with Gasteiger partial charge < -0.3 is 24.8 Å². The van der Waals surface area contributed by atoms with Crippen molar-refractivity contribution in [3.05, 3.63) is 46.7 Å². The Hall–Kier alpha value is -3.91. The quantitative estimate of drug-likeness (QED) is 0.278. The van der Waals surface area contributed by atoms with Crippen LogP contribution in [0.3, 0.4) is 0 Å². The van der Waals surface area contributed by atoms with E-state index >= 15 is 4.39 Å². The molecular weight excluding hydrogens is 612 g/mol. The summed E-state index contributed by atoms with van der Waals surface area (Å²) >= 11 is 7.12. The van der Waals surface area contributed by atoms with Crippen molar-refractivity contribution in [3.63, 3.8) is 0 Å². The lowest BCUT2D eigenvalue weighted by Gasteiger charge is -2.40. The molecule has 0 spiro atoms. The van der Waals surface area contributed by atoms with Crippen molar-refractivity contribution < 1.29 is 26.1 Å². The molecule has 9 rings (SSSR count). The number of phenols is 1. The number of piperazine rings is 1. The van der Waals surface area contributed by atoms with Gasteiger partial charge in [-0.05, 0) is 61.4 Å². The highest BCUT2D eigenvalue weighted by molar-refractivity contribution is 6.37. The van der Waals surface area contributed by atoms with Crippen LogP contribution in [-0.4, -0.2) is 82.6 Å². The topological polar surface area (TPSA) is 83.0 Å². The first kappa shape index (κ1) is 26.2. The van der Waals surface area contributed by atoms with E-state index in [1.54, 1.807) is 24.3 Å². The number of nitrogens with zero attached hydrogens (tertiary/aromatic N) is 4. The Morgan fingerprint density at radius 1 is 1.26 bits per heavy atom. The molecule has 4 fully saturated rings. The van der Waals surface area contributed by atoms with E-state index in [0.29, 0.717) is 48.1 Å². The molecule has 3 aromatic carbocycles. The zero-order valence-electron chi connectivity index (χ0n) is 26.8. The predicted molar refractivity (Wildman–Crippen MR) is 172 cm³/mol. The van der Waals surface area contributed by atoms with E-state index in [1.165, 1.54) is 6.07 Å². The number of nitrogens with one attached hydrogen (secondary N) is 1. The third-order valence-electron chi connectivity index (χ3n) is 10.5. The number of phenolic OH excluding ortho intramolecular Hbond substituents is 1. The Kier molecular flexibility index (Phi) is 5.86. The van der Waals surface area contributed by atoms with Crippen LogP contribution in [-0.2, 0) is 0 Å². The molecule has 11 heteroatoms. The fraction of sp³-hybridized carbons (Fsp3) is 0.429. The minimum Gasteiger partial charge on any atom is -0.508 e. The number of rotatable bonds is 4. The molecule has 0 saturated carbocycles. The summed E-state index contributed by atoms with van der Waals surface area (Å²) in [5, 5.41) is 15.7. The second kappa shape index (κ2) is 10.3. The fourth-order valence-corrected chi connectivity index (χ4v) is 8.83. The summed E-state index contributed by atoms with van der Waals surface area (Å²) in [6.07, 6.45) is 7.68. The van der Waals surface area contributed by atoms with Crippen LogP contribution in [0.1, 0.15) is 40.4 Å². The molecule has 0 radical (unpaired) electrons. The van der Waals surface area contributed by atoms with Crippen LogP contribution < -0.4 is 19.7 Å². The smallest absolute Gasteiger partial charge is 0.319 e. The van der Waals surface area contributed by atoms with Crippen LogP contribution in [0, 0.1) is 18.2 Å². The number of hydrogen-bond donors (Lipinski definition) is 2. The van der Waals surface area contributed by atoms with Gasteiger partial charge in [-0.2, -0.15) is 9.97 Å². The number of fused-ring (bicyclic) bond motifs is 7. The summed E-state index contributed by atoms with van der Waals surface area (Å²) in [7, 11) is 0. The van der Waals surface area contributed by atoms with Crippen molar-refractivity contribution in [1.29, 1.82) is 0 Å². The highest BCUT2D eigenvalue weighted by Crippen LogP contribution is 2.51. The third kappa shape index (κ3) is 4.11. The Bertz CT molecular complexity index is 2080. The Morgan fingerprint density at radius 2 is 2.15 bits per heavy atom. The SMILES string of the molecule is [2H]C([2H])(Oc1nc2c3c(c(Cl)c(-c4cc(O)cc5cccc(C#C)c45)c(F)c3n1)OCC1C3CCC(CN21)N3)[C@@]12CCCN1C[C@H](F)C2. The van der Waals surface area contributed by atoms with E-state index in [2.05, 4.69) is 21.1 Å². The van der Waals surface area contributed by atoms with E-state index < -0.39 is 24.1 Å². The number of aromatic hydroxyl groups is 1. The van der Waals surface area contributed by atoms with Crippen molar-refractivity contribution >= 4 is 39.1 Å². The second-order valence-corrected chi connectivity index (χ2v) is 13.5. The van der Waals surface area contributed by atoms with E-state index in [9.17, 15) is 9.50 Å². The van der Waals surface area contributed by atoms with Gasteiger partial charge in [0.05, 0.1) is 24.7 Å². The average Bonchev–Trinajstić information content (AvgIpc) is 3.70. The molecule has 236 valence electrons. The van der Waals surface area contributed by atoms with E-state index in [-0.39, 0.29) is 82.3 Å². The van der Waals surface area contributed by atoms with Gasteiger partial charge in [0.2, 0.25) is 0 Å². The van der Waals surface area contributed by atoms with Gasteiger partial charge >= 0.3 is 6.01 Å². The number of halogens is 3. The lowest BCUT2D eigenvalue weighted by Crippen LogP contribution is -2.60. The number of anilines is 1. The first-order valence-electron chi connectivity index (χ1n) is 16.8. The zero-order valence-corrected chi connectivity index (χ0v) is 25.6. The van der Waals surface area contributed by atoms with Crippen molar-refractivity contribution in [3.8, 4) is 41.0 Å². The van der Waals surface area contributed by atoms with Gasteiger partial charge in [0, 0.05) is 48.1 Å². The molecule has 1 aromatic heterocycles. The summed E-state index contributed by atoms with van der Waals surface area (Å²) in [5.74, 6) is 2.25. The minimum absolute atomic E-state index is 0.0160. The maximum atomic E-state index is 17.3. The molecule has 0 aliphatic carbocycles. The monoisotopic (exact) mass is 645 g/mol. The molecule has 0 amide bonds. The number of ether oxygens (including phenoxy) is 2. The summed E-state index contributed by atoms with van der Waals surface area (Å²) in [6, 6.07) is 7.93. The van der Waals surface area contributed by atoms with Crippen LogP contribution >= 0.6 is 11.6 Å². The number of alkyl halides is 1. The summed E-state index contributed by atoms with van der Waals surface area (Å²) in [4.78, 5) is 13.2. The molecule has 3 unspecified atom stereocenters. The van der Waals surface area contributed by atoms with Gasteiger partial charge in [0.15, 0.2) is 11.6 Å². The number of hydrogen-bond acceptors (Lipinski definition) is 8. The number of terminal acetylenes is 1. The molecule has 2 bridgehead atoms. The first-order chi connectivity index (χ1) is 23.1. The molecule has 8 nitrogen and oxygen atoms in total. The Balaban J connectivity index is 1.29. The van der Waals surface area contributed by atoms with Crippen LogP contribution in [0.15, 0.2) is 30.3 Å². The molecule has 5 aliphatic rings. The lowest BCUT2D eigenvalue weighted by molar-refractivity contribution is 0.107. The zero-order chi connectivity index (χ0) is 33.1. The standard InChI is InChI=1S/C35H32ClF2N5O3/c1-2-18-5-3-6-19-11-22(44)12-23(26(18)19)27-29(36)32-28-31(30(27)38)40-34(46-17-35-9-4-10-42(35)14-20(37)13-35)41-33(28)43-15-21-7-8-24(39-21)25(43)16-45-32/h1,3,5-6,11-12,20-21,24-25,39,44H,4,7-10,13-17H2/t20-,21?,24?,25?,35+/m1/s1/i17D2. The maximum absolute atomic E-state index is 17.3. The van der Waals surface area contributed by atoms with Crippen molar-refractivity contribution in [1.82, 2.24) is 20.2 Å². The van der Waals surface area contributed by atoms with Gasteiger partial charge in [-0.15, -0.1) is 6.42 Å². The molecule has 5 atom stereocenters. The van der Waals surface area contributed by atoms with Crippen molar-refractivity contribution in [2.45, 2.75) is 61.9 Å². The lowest BCUT2D eigenvalue weighted by atomic mass is 9.93. The normalized spacial score (nSPS) is 29.1. The fourth-order valence-electron chi connectivity index (χ4n) is 8.50. The van der Waals surface area contributed by atoms with Crippen LogP contribution in [0.5, 0.6) is 17.5 Å². The van der Waals surface area contributed by atoms with E-state index in [0.717, 1.165) is 12.8 Å². The molecule has 2 N–H and O–H groups in total.